The fraction of sp³-hybridized carbons (Fsp3) is 0.200. The second-order valence-electron chi connectivity index (χ2n) is 2.91. The van der Waals surface area contributed by atoms with Crippen molar-refractivity contribution in [3.8, 4) is 10.7 Å². The largest absolute Gasteiger partial charge is 0.338 e. The van der Waals surface area contributed by atoms with Crippen LogP contribution in [0.15, 0.2) is 34.7 Å². The van der Waals surface area contributed by atoms with Crippen molar-refractivity contribution in [3.63, 3.8) is 0 Å². The van der Waals surface area contributed by atoms with E-state index in [-0.39, 0.29) is 0 Å². The first-order chi connectivity index (χ1) is 7.40. The molecule has 2 heterocycles. The fourth-order valence-electron chi connectivity index (χ4n) is 1.11. The Kier molecular flexibility index (Phi) is 3.26. The van der Waals surface area contributed by atoms with Gasteiger partial charge < -0.3 is 9.84 Å². The molecule has 15 heavy (non-hydrogen) atoms. The fourth-order valence-corrected chi connectivity index (χ4v) is 1.76. The van der Waals surface area contributed by atoms with Crippen molar-refractivity contribution in [2.75, 3.05) is 6.54 Å². The first-order valence-corrected chi connectivity index (χ1v) is 5.46. The molecule has 0 fully saturated rings. The Morgan fingerprint density at radius 1 is 1.60 bits per heavy atom. The summed E-state index contributed by atoms with van der Waals surface area (Å²) in [5, 5.41) is 8.98. The van der Waals surface area contributed by atoms with E-state index >= 15 is 0 Å². The van der Waals surface area contributed by atoms with Crippen LogP contribution < -0.4 is 5.32 Å². The van der Waals surface area contributed by atoms with Crippen molar-refractivity contribution < 1.29 is 4.52 Å². The van der Waals surface area contributed by atoms with Crippen molar-refractivity contribution in [1.82, 2.24) is 15.5 Å². The number of nitrogens with zero attached hydrogens (tertiary/aromatic N) is 2. The molecular formula is C10H11N3OS. The van der Waals surface area contributed by atoms with Gasteiger partial charge in [0.25, 0.3) is 0 Å². The van der Waals surface area contributed by atoms with Crippen LogP contribution in [0, 0.1) is 0 Å². The smallest absolute Gasteiger partial charge is 0.240 e. The normalized spacial score (nSPS) is 10.4. The van der Waals surface area contributed by atoms with Gasteiger partial charge in [-0.2, -0.15) is 4.98 Å². The molecule has 0 amide bonds. The lowest BCUT2D eigenvalue weighted by atomic mass is 10.4. The van der Waals surface area contributed by atoms with Gasteiger partial charge in [0, 0.05) is 6.54 Å². The molecule has 0 radical (unpaired) electrons. The summed E-state index contributed by atoms with van der Waals surface area (Å²) in [5.74, 6) is 1.25. The average Bonchev–Trinajstić information content (AvgIpc) is 2.87. The van der Waals surface area contributed by atoms with Gasteiger partial charge in [0.05, 0.1) is 11.4 Å². The molecule has 78 valence electrons. The third-order valence-corrected chi connectivity index (χ3v) is 2.64. The zero-order valence-corrected chi connectivity index (χ0v) is 8.96. The zero-order valence-electron chi connectivity index (χ0n) is 8.14. The number of hydrogen-bond donors (Lipinski definition) is 1. The minimum atomic E-state index is 0.574. The van der Waals surface area contributed by atoms with Crippen LogP contribution >= 0.6 is 11.3 Å². The summed E-state index contributed by atoms with van der Waals surface area (Å²) in [7, 11) is 0. The highest BCUT2D eigenvalue weighted by Gasteiger charge is 2.07. The third-order valence-electron chi connectivity index (χ3n) is 1.77. The molecule has 2 rings (SSSR count). The molecule has 0 spiro atoms. The van der Waals surface area contributed by atoms with Gasteiger partial charge in [-0.3, -0.25) is 0 Å². The molecule has 0 atom stereocenters. The Morgan fingerprint density at radius 3 is 3.27 bits per heavy atom. The summed E-state index contributed by atoms with van der Waals surface area (Å²) in [5.41, 5.74) is 0. The summed E-state index contributed by atoms with van der Waals surface area (Å²) in [6, 6.07) is 3.93. The Morgan fingerprint density at radius 2 is 2.53 bits per heavy atom. The Bertz CT molecular complexity index is 422. The van der Waals surface area contributed by atoms with Gasteiger partial charge in [0.1, 0.15) is 0 Å². The lowest BCUT2D eigenvalue weighted by molar-refractivity contribution is 0.370. The summed E-state index contributed by atoms with van der Waals surface area (Å²) in [6.07, 6.45) is 1.79. The van der Waals surface area contributed by atoms with Crippen molar-refractivity contribution in [1.29, 1.82) is 0 Å². The van der Waals surface area contributed by atoms with Gasteiger partial charge >= 0.3 is 0 Å². The predicted molar refractivity (Wildman–Crippen MR) is 59.5 cm³/mol. The van der Waals surface area contributed by atoms with E-state index in [9.17, 15) is 0 Å². The first kappa shape index (κ1) is 10.1. The van der Waals surface area contributed by atoms with Gasteiger partial charge in [-0.15, -0.1) is 17.9 Å². The van der Waals surface area contributed by atoms with Crippen LogP contribution in [0.4, 0.5) is 0 Å². The van der Waals surface area contributed by atoms with E-state index in [1.807, 2.05) is 17.5 Å². The summed E-state index contributed by atoms with van der Waals surface area (Å²) in [6.45, 7) is 4.92. The molecule has 4 nitrogen and oxygen atoms in total. The van der Waals surface area contributed by atoms with Crippen LogP contribution in [0.25, 0.3) is 10.7 Å². The highest BCUT2D eigenvalue weighted by atomic mass is 32.1. The zero-order chi connectivity index (χ0) is 10.5. The monoisotopic (exact) mass is 221 g/mol. The Hall–Kier alpha value is -1.46. The molecule has 2 aromatic heterocycles. The van der Waals surface area contributed by atoms with Crippen LogP contribution in [0.5, 0.6) is 0 Å². The van der Waals surface area contributed by atoms with Gasteiger partial charge in [-0.25, -0.2) is 0 Å². The van der Waals surface area contributed by atoms with E-state index in [1.54, 1.807) is 17.4 Å². The van der Waals surface area contributed by atoms with Gasteiger partial charge in [0.2, 0.25) is 11.7 Å². The van der Waals surface area contributed by atoms with Gasteiger partial charge in [0.15, 0.2) is 0 Å². The van der Waals surface area contributed by atoms with E-state index in [4.69, 9.17) is 4.52 Å². The lowest BCUT2D eigenvalue weighted by Gasteiger charge is -1.93. The minimum absolute atomic E-state index is 0.574. The number of hydrogen-bond acceptors (Lipinski definition) is 5. The second kappa shape index (κ2) is 4.86. The number of nitrogens with one attached hydrogen (secondary N) is 1. The summed E-state index contributed by atoms with van der Waals surface area (Å²) in [4.78, 5) is 5.28. The molecule has 1 N–H and O–H groups in total. The maximum absolute atomic E-state index is 5.08. The maximum Gasteiger partial charge on any atom is 0.240 e. The highest BCUT2D eigenvalue weighted by Crippen LogP contribution is 2.20. The quantitative estimate of drug-likeness (QED) is 0.620. The molecule has 5 heteroatoms. The summed E-state index contributed by atoms with van der Waals surface area (Å²) >= 11 is 1.60. The molecule has 0 aromatic carbocycles. The predicted octanol–water partition coefficient (Wildman–Crippen LogP) is 2.07. The molecule has 2 aromatic rings. The lowest BCUT2D eigenvalue weighted by Crippen LogP contribution is -2.12. The topological polar surface area (TPSA) is 51.0 Å². The molecule has 0 saturated heterocycles. The minimum Gasteiger partial charge on any atom is -0.338 e. The summed E-state index contributed by atoms with van der Waals surface area (Å²) < 4.78 is 5.08. The second-order valence-corrected chi connectivity index (χ2v) is 3.86. The van der Waals surface area contributed by atoms with E-state index in [1.165, 1.54) is 0 Å². The van der Waals surface area contributed by atoms with Crippen LogP contribution in [-0.2, 0) is 6.54 Å². The molecule has 0 saturated carbocycles. The van der Waals surface area contributed by atoms with Crippen molar-refractivity contribution in [2.24, 2.45) is 0 Å². The van der Waals surface area contributed by atoms with Crippen molar-refractivity contribution in [2.45, 2.75) is 6.54 Å². The first-order valence-electron chi connectivity index (χ1n) is 4.58. The SMILES string of the molecule is C=CCNCc1nc(-c2cccs2)no1. The van der Waals surface area contributed by atoms with Gasteiger partial charge in [-0.05, 0) is 11.4 Å². The van der Waals surface area contributed by atoms with E-state index in [0.717, 1.165) is 11.4 Å². The van der Waals surface area contributed by atoms with Crippen LogP contribution in [0.3, 0.4) is 0 Å². The Balaban J connectivity index is 2.01. The van der Waals surface area contributed by atoms with Crippen molar-refractivity contribution >= 4 is 11.3 Å². The van der Waals surface area contributed by atoms with Crippen molar-refractivity contribution in [3.05, 3.63) is 36.1 Å². The molecule has 0 aliphatic carbocycles. The Labute approximate surface area is 91.6 Å². The molecule has 0 aliphatic heterocycles. The van der Waals surface area contributed by atoms with Crippen LogP contribution in [0.2, 0.25) is 0 Å². The third kappa shape index (κ3) is 2.51. The van der Waals surface area contributed by atoms with E-state index in [2.05, 4.69) is 22.0 Å². The number of aromatic nitrogens is 2. The van der Waals surface area contributed by atoms with E-state index < -0.39 is 0 Å². The van der Waals surface area contributed by atoms with Gasteiger partial charge in [-0.1, -0.05) is 17.3 Å². The molecule has 0 aliphatic rings. The highest BCUT2D eigenvalue weighted by molar-refractivity contribution is 7.13. The number of rotatable bonds is 5. The van der Waals surface area contributed by atoms with Crippen LogP contribution in [0.1, 0.15) is 5.89 Å². The van der Waals surface area contributed by atoms with Crippen LogP contribution in [-0.4, -0.2) is 16.7 Å². The molecule has 0 unspecified atom stereocenters. The van der Waals surface area contributed by atoms with E-state index in [0.29, 0.717) is 18.3 Å². The molecule has 0 bridgehead atoms. The maximum atomic E-state index is 5.08. The average molecular weight is 221 g/mol. The number of thiophene rings is 1. The standard InChI is InChI=1S/C10H11N3OS/c1-2-5-11-7-9-12-10(13-14-9)8-4-3-6-15-8/h2-4,6,11H,1,5,7H2. The molecular weight excluding hydrogens is 210 g/mol.